The first-order chi connectivity index (χ1) is 9.75. The van der Waals surface area contributed by atoms with Crippen LogP contribution < -0.4 is 0 Å². The Hall–Kier alpha value is -1.01. The molecule has 1 saturated carbocycles. The van der Waals surface area contributed by atoms with E-state index in [1.54, 1.807) is 0 Å². The first kappa shape index (κ1) is 12.7. The molecule has 2 aromatic rings. The lowest BCUT2D eigenvalue weighted by atomic mass is 9.87. The minimum absolute atomic E-state index is 0.178. The molecule has 104 valence electrons. The summed E-state index contributed by atoms with van der Waals surface area (Å²) in [6.45, 7) is 2.37. The van der Waals surface area contributed by atoms with Crippen LogP contribution in [0.5, 0.6) is 0 Å². The molecule has 3 unspecified atom stereocenters. The van der Waals surface area contributed by atoms with Gasteiger partial charge in [-0.25, -0.2) is 0 Å². The molecule has 0 saturated heterocycles. The van der Waals surface area contributed by atoms with Crippen molar-refractivity contribution in [3.05, 3.63) is 47.0 Å². The molecule has 3 atom stereocenters. The first-order valence-electron chi connectivity index (χ1n) is 7.93. The highest BCUT2D eigenvalue weighted by Crippen LogP contribution is 2.46. The van der Waals surface area contributed by atoms with E-state index in [9.17, 15) is 0 Å². The molecule has 2 aromatic carbocycles. The zero-order chi connectivity index (χ0) is 13.7. The van der Waals surface area contributed by atoms with Gasteiger partial charge in [-0.3, -0.25) is 0 Å². The number of rotatable bonds is 2. The lowest BCUT2D eigenvalue weighted by Gasteiger charge is -2.23. The molecule has 0 N–H and O–H groups in total. The van der Waals surface area contributed by atoms with Crippen molar-refractivity contribution in [1.82, 2.24) is 0 Å². The number of alkyl halides is 1. The van der Waals surface area contributed by atoms with Gasteiger partial charge in [-0.15, -0.1) is 11.6 Å². The molecule has 0 amide bonds. The van der Waals surface area contributed by atoms with Gasteiger partial charge in [0.1, 0.15) is 0 Å². The van der Waals surface area contributed by atoms with Gasteiger partial charge in [-0.1, -0.05) is 50.1 Å². The molecule has 4 rings (SSSR count). The molecule has 0 aliphatic heterocycles. The van der Waals surface area contributed by atoms with Crippen molar-refractivity contribution in [2.75, 3.05) is 0 Å². The maximum absolute atomic E-state index is 6.91. The molecule has 1 fully saturated rings. The Morgan fingerprint density at radius 1 is 1.05 bits per heavy atom. The summed E-state index contributed by atoms with van der Waals surface area (Å²) in [7, 11) is 0. The first-order valence-corrected chi connectivity index (χ1v) is 8.37. The van der Waals surface area contributed by atoms with Gasteiger partial charge in [-0.05, 0) is 58.6 Å². The van der Waals surface area contributed by atoms with Crippen molar-refractivity contribution in [3.63, 3.8) is 0 Å². The average Bonchev–Trinajstić information content (AvgIpc) is 3.07. The van der Waals surface area contributed by atoms with E-state index in [0.717, 1.165) is 5.92 Å². The van der Waals surface area contributed by atoms with Crippen LogP contribution in [0.15, 0.2) is 30.3 Å². The third-order valence-corrected chi connectivity index (χ3v) is 6.07. The van der Waals surface area contributed by atoms with Gasteiger partial charge in [0.2, 0.25) is 0 Å². The number of hydrogen-bond acceptors (Lipinski definition) is 0. The Morgan fingerprint density at radius 2 is 1.85 bits per heavy atom. The van der Waals surface area contributed by atoms with Crippen LogP contribution in [0, 0.1) is 11.8 Å². The summed E-state index contributed by atoms with van der Waals surface area (Å²) < 4.78 is 0. The van der Waals surface area contributed by atoms with Crippen LogP contribution in [0.2, 0.25) is 0 Å². The highest BCUT2D eigenvalue weighted by molar-refractivity contribution is 6.22. The largest absolute Gasteiger partial charge is 0.117 e. The van der Waals surface area contributed by atoms with E-state index in [2.05, 4.69) is 37.3 Å². The van der Waals surface area contributed by atoms with Crippen molar-refractivity contribution in [1.29, 1.82) is 0 Å². The van der Waals surface area contributed by atoms with Crippen LogP contribution >= 0.6 is 11.6 Å². The van der Waals surface area contributed by atoms with Crippen molar-refractivity contribution in [2.45, 2.75) is 44.4 Å². The van der Waals surface area contributed by atoms with Gasteiger partial charge < -0.3 is 0 Å². The Labute approximate surface area is 126 Å². The predicted molar refractivity (Wildman–Crippen MR) is 86.5 cm³/mol. The van der Waals surface area contributed by atoms with Crippen LogP contribution in [0.25, 0.3) is 10.8 Å². The topological polar surface area (TPSA) is 0 Å². The summed E-state index contributed by atoms with van der Waals surface area (Å²) in [5.74, 6) is 1.41. The molecule has 0 bridgehead atoms. The van der Waals surface area contributed by atoms with Gasteiger partial charge in [0, 0.05) is 0 Å². The molecule has 1 heteroatoms. The summed E-state index contributed by atoms with van der Waals surface area (Å²) in [4.78, 5) is 0. The lowest BCUT2D eigenvalue weighted by molar-refractivity contribution is 0.407. The van der Waals surface area contributed by atoms with Crippen LogP contribution in [0.4, 0.5) is 0 Å². The second kappa shape index (κ2) is 4.77. The summed E-state index contributed by atoms with van der Waals surface area (Å²) in [5, 5.41) is 3.09. The minimum Gasteiger partial charge on any atom is -0.117 e. The van der Waals surface area contributed by atoms with Gasteiger partial charge in [0.05, 0.1) is 5.38 Å². The Morgan fingerprint density at radius 3 is 2.60 bits per heavy atom. The van der Waals surface area contributed by atoms with Gasteiger partial charge >= 0.3 is 0 Å². The molecule has 0 nitrogen and oxygen atoms in total. The average molecular weight is 285 g/mol. The van der Waals surface area contributed by atoms with Crippen LogP contribution in [0.1, 0.15) is 48.3 Å². The summed E-state index contributed by atoms with van der Waals surface area (Å²) in [5.41, 5.74) is 4.40. The number of halogens is 1. The van der Waals surface area contributed by atoms with Crippen LogP contribution in [-0.2, 0) is 12.8 Å². The van der Waals surface area contributed by atoms with E-state index in [0.29, 0.717) is 5.92 Å². The van der Waals surface area contributed by atoms with Gasteiger partial charge in [0.25, 0.3) is 0 Å². The van der Waals surface area contributed by atoms with E-state index >= 15 is 0 Å². The molecule has 0 radical (unpaired) electrons. The SMILES string of the molecule is CC1CCCC1C(Cl)c1ccc2c3c(cccc13)CC2. The second-order valence-corrected chi connectivity index (χ2v) is 7.10. The van der Waals surface area contributed by atoms with Crippen molar-refractivity contribution in [3.8, 4) is 0 Å². The smallest absolute Gasteiger partial charge is 0.0622 e. The molecule has 2 aliphatic carbocycles. The summed E-state index contributed by atoms with van der Waals surface area (Å²) in [6, 6.07) is 11.4. The molecule has 0 spiro atoms. The second-order valence-electron chi connectivity index (χ2n) is 6.63. The van der Waals surface area contributed by atoms with E-state index < -0.39 is 0 Å². The normalized spacial score (nSPS) is 26.3. The fourth-order valence-electron chi connectivity index (χ4n) is 4.35. The Bertz CT molecular complexity index is 648. The van der Waals surface area contributed by atoms with E-state index in [1.807, 2.05) is 0 Å². The van der Waals surface area contributed by atoms with Gasteiger partial charge in [0.15, 0.2) is 0 Å². The maximum Gasteiger partial charge on any atom is 0.0622 e. The van der Waals surface area contributed by atoms with E-state index in [1.165, 1.54) is 59.6 Å². The monoisotopic (exact) mass is 284 g/mol. The third-order valence-electron chi connectivity index (χ3n) is 5.51. The van der Waals surface area contributed by atoms with Crippen LogP contribution in [0.3, 0.4) is 0 Å². The lowest BCUT2D eigenvalue weighted by Crippen LogP contribution is -2.11. The molecule has 0 heterocycles. The standard InChI is InChI=1S/C19H21Cl/c1-12-4-2-6-15(12)19(20)17-11-10-14-9-8-13-5-3-7-16(17)18(13)14/h3,5,7,10-12,15,19H,2,4,6,8-9H2,1H3. The number of hydrogen-bond donors (Lipinski definition) is 0. The number of aryl methyl sites for hydroxylation is 2. The zero-order valence-electron chi connectivity index (χ0n) is 12.0. The minimum atomic E-state index is 0.178. The van der Waals surface area contributed by atoms with E-state index in [4.69, 9.17) is 11.6 Å². The fraction of sp³-hybridized carbons (Fsp3) is 0.474. The third kappa shape index (κ3) is 1.81. The summed E-state index contributed by atoms with van der Waals surface area (Å²) >= 11 is 6.91. The maximum atomic E-state index is 6.91. The van der Waals surface area contributed by atoms with Crippen molar-refractivity contribution in [2.24, 2.45) is 11.8 Å². The van der Waals surface area contributed by atoms with Crippen molar-refractivity contribution >= 4 is 22.4 Å². The molecular formula is C19H21Cl. The molecule has 2 aliphatic rings. The quantitative estimate of drug-likeness (QED) is 0.625. The molecule has 20 heavy (non-hydrogen) atoms. The number of benzene rings is 2. The Kier molecular flexibility index (Phi) is 3.03. The predicted octanol–water partition coefficient (Wildman–Crippen LogP) is 5.65. The zero-order valence-corrected chi connectivity index (χ0v) is 12.8. The summed E-state index contributed by atoms with van der Waals surface area (Å²) in [6.07, 6.45) is 6.37. The fourth-order valence-corrected chi connectivity index (χ4v) is 4.91. The molecular weight excluding hydrogens is 264 g/mol. The highest BCUT2D eigenvalue weighted by atomic mass is 35.5. The Balaban J connectivity index is 1.85. The van der Waals surface area contributed by atoms with Crippen LogP contribution in [-0.4, -0.2) is 0 Å². The molecule has 0 aromatic heterocycles. The van der Waals surface area contributed by atoms with Crippen molar-refractivity contribution < 1.29 is 0 Å². The highest BCUT2D eigenvalue weighted by Gasteiger charge is 2.32. The van der Waals surface area contributed by atoms with Gasteiger partial charge in [-0.2, -0.15) is 0 Å². The van der Waals surface area contributed by atoms with E-state index in [-0.39, 0.29) is 5.38 Å².